The molecule has 1 rings (SSSR count). The van der Waals surface area contributed by atoms with Gasteiger partial charge in [0.15, 0.2) is 0 Å². The van der Waals surface area contributed by atoms with Crippen molar-refractivity contribution in [2.75, 3.05) is 6.61 Å². The van der Waals surface area contributed by atoms with Crippen LogP contribution in [0.1, 0.15) is 70.1 Å². The number of aryl methyl sites for hydroxylation is 1. The minimum absolute atomic E-state index is 0.408. The lowest BCUT2D eigenvalue weighted by molar-refractivity contribution is 0.0472. The Hall–Kier alpha value is -1.40. The van der Waals surface area contributed by atoms with E-state index in [9.17, 15) is 0 Å². The second-order valence-corrected chi connectivity index (χ2v) is 5.44. The number of pyridine rings is 1. The van der Waals surface area contributed by atoms with Crippen LogP contribution in [0.3, 0.4) is 0 Å². The number of hydrogen-bond acceptors (Lipinski definition) is 3. The van der Waals surface area contributed by atoms with E-state index in [-0.39, 0.29) is 0 Å². The molecular weight excluding hydrogens is 260 g/mol. The third-order valence-electron chi connectivity index (χ3n) is 3.75. The largest absolute Gasteiger partial charge is 0.379 e. The second kappa shape index (κ2) is 11.3. The fourth-order valence-electron chi connectivity index (χ4n) is 2.60. The molecule has 0 radical (unpaired) electrons. The Labute approximate surface area is 129 Å². The highest BCUT2D eigenvalue weighted by atomic mass is 16.5. The molecule has 0 bridgehead atoms. The maximum atomic E-state index is 9.02. The molecule has 116 valence electrons. The predicted octanol–water partition coefficient (Wildman–Crippen LogP) is 4.65. The highest BCUT2D eigenvalue weighted by Crippen LogP contribution is 2.15. The summed E-state index contributed by atoms with van der Waals surface area (Å²) in [5, 5.41) is 9.02. The molecular formula is C18H28N2O. The third kappa shape index (κ3) is 7.24. The Morgan fingerprint density at radius 1 is 1.19 bits per heavy atom. The van der Waals surface area contributed by atoms with Crippen molar-refractivity contribution >= 4 is 0 Å². The molecule has 0 aliphatic rings. The standard InChI is InChI=1S/C18H28N2O/c1-3-5-6-12-17(21-4-2)13-8-7-10-16-11-9-14-20-18(16)15-19/h9,11,14,17H,3-8,10,12-13H2,1-2H3. The Balaban J connectivity index is 2.28. The molecule has 0 spiro atoms. The lowest BCUT2D eigenvalue weighted by Crippen LogP contribution is -2.13. The van der Waals surface area contributed by atoms with E-state index in [1.165, 1.54) is 25.7 Å². The summed E-state index contributed by atoms with van der Waals surface area (Å²) in [7, 11) is 0. The number of rotatable bonds is 11. The summed E-state index contributed by atoms with van der Waals surface area (Å²) in [4.78, 5) is 4.10. The normalized spacial score (nSPS) is 12.0. The molecule has 0 amide bonds. The second-order valence-electron chi connectivity index (χ2n) is 5.44. The first-order chi connectivity index (χ1) is 10.3. The van der Waals surface area contributed by atoms with Crippen LogP contribution in [0.25, 0.3) is 0 Å². The average molecular weight is 288 g/mol. The van der Waals surface area contributed by atoms with Crippen molar-refractivity contribution in [3.05, 3.63) is 29.6 Å². The number of ether oxygens (including phenoxy) is 1. The molecule has 0 N–H and O–H groups in total. The molecule has 1 atom stereocenters. The highest BCUT2D eigenvalue weighted by Gasteiger charge is 2.08. The fraction of sp³-hybridized carbons (Fsp3) is 0.667. The van der Waals surface area contributed by atoms with Crippen molar-refractivity contribution in [2.24, 2.45) is 0 Å². The van der Waals surface area contributed by atoms with Crippen molar-refractivity contribution in [3.63, 3.8) is 0 Å². The minimum Gasteiger partial charge on any atom is -0.379 e. The molecule has 0 aliphatic heterocycles. The predicted molar refractivity (Wildman–Crippen MR) is 86.1 cm³/mol. The van der Waals surface area contributed by atoms with E-state index < -0.39 is 0 Å². The smallest absolute Gasteiger partial charge is 0.143 e. The van der Waals surface area contributed by atoms with E-state index in [0.717, 1.165) is 37.9 Å². The number of nitriles is 1. The monoisotopic (exact) mass is 288 g/mol. The molecule has 3 heteroatoms. The van der Waals surface area contributed by atoms with Crippen LogP contribution in [0, 0.1) is 11.3 Å². The van der Waals surface area contributed by atoms with Crippen LogP contribution in [0.5, 0.6) is 0 Å². The number of hydrogen-bond donors (Lipinski definition) is 0. The molecule has 3 nitrogen and oxygen atoms in total. The van der Waals surface area contributed by atoms with Gasteiger partial charge in [-0.3, -0.25) is 0 Å². The number of aromatic nitrogens is 1. The van der Waals surface area contributed by atoms with Gasteiger partial charge >= 0.3 is 0 Å². The Morgan fingerprint density at radius 3 is 2.62 bits per heavy atom. The Kier molecular flexibility index (Phi) is 9.48. The maximum absolute atomic E-state index is 9.02. The summed E-state index contributed by atoms with van der Waals surface area (Å²) >= 11 is 0. The van der Waals surface area contributed by atoms with Crippen molar-refractivity contribution in [3.8, 4) is 6.07 Å². The van der Waals surface area contributed by atoms with Gasteiger partial charge in [-0.05, 0) is 44.2 Å². The van der Waals surface area contributed by atoms with Gasteiger partial charge in [-0.1, -0.05) is 38.7 Å². The van der Waals surface area contributed by atoms with Crippen LogP contribution in [0.2, 0.25) is 0 Å². The quantitative estimate of drug-likeness (QED) is 0.557. The van der Waals surface area contributed by atoms with Gasteiger partial charge in [0.05, 0.1) is 6.10 Å². The summed E-state index contributed by atoms with van der Waals surface area (Å²) in [6.45, 7) is 5.11. The molecule has 0 aliphatic carbocycles. The van der Waals surface area contributed by atoms with Crippen molar-refractivity contribution < 1.29 is 4.74 Å². The molecule has 1 heterocycles. The van der Waals surface area contributed by atoms with Gasteiger partial charge < -0.3 is 4.74 Å². The molecule has 21 heavy (non-hydrogen) atoms. The molecule has 0 fully saturated rings. The van der Waals surface area contributed by atoms with Gasteiger partial charge in [-0.2, -0.15) is 5.26 Å². The SMILES string of the molecule is CCCCCC(CCCCc1cccnc1C#N)OCC. The average Bonchev–Trinajstić information content (AvgIpc) is 2.52. The zero-order valence-electron chi connectivity index (χ0n) is 13.5. The van der Waals surface area contributed by atoms with E-state index in [0.29, 0.717) is 11.8 Å². The summed E-state index contributed by atoms with van der Waals surface area (Å²) in [6, 6.07) is 6.08. The first kappa shape index (κ1) is 17.7. The van der Waals surface area contributed by atoms with Gasteiger partial charge in [0.25, 0.3) is 0 Å². The van der Waals surface area contributed by atoms with Gasteiger partial charge in [0.1, 0.15) is 11.8 Å². The van der Waals surface area contributed by atoms with Crippen molar-refractivity contribution in [2.45, 2.75) is 71.3 Å². The van der Waals surface area contributed by atoms with E-state index in [1.54, 1.807) is 6.20 Å². The zero-order valence-corrected chi connectivity index (χ0v) is 13.5. The summed E-state index contributed by atoms with van der Waals surface area (Å²) in [5.41, 5.74) is 1.64. The molecule has 1 aromatic heterocycles. The summed E-state index contributed by atoms with van der Waals surface area (Å²) < 4.78 is 5.82. The van der Waals surface area contributed by atoms with Crippen LogP contribution in [0.4, 0.5) is 0 Å². The molecule has 1 aromatic rings. The van der Waals surface area contributed by atoms with Crippen molar-refractivity contribution in [1.29, 1.82) is 5.26 Å². The Bertz CT molecular complexity index is 425. The van der Waals surface area contributed by atoms with Crippen LogP contribution in [0.15, 0.2) is 18.3 Å². The fourth-order valence-corrected chi connectivity index (χ4v) is 2.60. The maximum Gasteiger partial charge on any atom is 0.143 e. The summed E-state index contributed by atoms with van der Waals surface area (Å²) in [5.74, 6) is 0. The Morgan fingerprint density at radius 2 is 1.95 bits per heavy atom. The van der Waals surface area contributed by atoms with Crippen LogP contribution >= 0.6 is 0 Å². The molecule has 0 saturated carbocycles. The zero-order chi connectivity index (χ0) is 15.3. The van der Waals surface area contributed by atoms with Crippen molar-refractivity contribution in [1.82, 2.24) is 4.98 Å². The van der Waals surface area contributed by atoms with E-state index >= 15 is 0 Å². The first-order valence-corrected chi connectivity index (χ1v) is 8.27. The highest BCUT2D eigenvalue weighted by molar-refractivity contribution is 5.30. The van der Waals surface area contributed by atoms with Crippen LogP contribution < -0.4 is 0 Å². The lowest BCUT2D eigenvalue weighted by atomic mass is 10.0. The summed E-state index contributed by atoms with van der Waals surface area (Å²) in [6.07, 6.45) is 11.4. The van der Waals surface area contributed by atoms with E-state index in [1.807, 2.05) is 12.1 Å². The van der Waals surface area contributed by atoms with Crippen LogP contribution in [-0.4, -0.2) is 17.7 Å². The number of unbranched alkanes of at least 4 members (excludes halogenated alkanes) is 3. The van der Waals surface area contributed by atoms with Gasteiger partial charge in [-0.25, -0.2) is 4.98 Å². The van der Waals surface area contributed by atoms with Gasteiger partial charge in [0, 0.05) is 12.8 Å². The number of nitrogens with zero attached hydrogens (tertiary/aromatic N) is 2. The van der Waals surface area contributed by atoms with Crippen LogP contribution in [-0.2, 0) is 11.2 Å². The lowest BCUT2D eigenvalue weighted by Gasteiger charge is -2.16. The van der Waals surface area contributed by atoms with Gasteiger partial charge in [0.2, 0.25) is 0 Å². The van der Waals surface area contributed by atoms with E-state index in [4.69, 9.17) is 10.00 Å². The topological polar surface area (TPSA) is 45.9 Å². The first-order valence-electron chi connectivity index (χ1n) is 8.27. The molecule has 1 unspecified atom stereocenters. The molecule has 0 saturated heterocycles. The third-order valence-corrected chi connectivity index (χ3v) is 3.75. The molecule has 0 aromatic carbocycles. The van der Waals surface area contributed by atoms with Gasteiger partial charge in [-0.15, -0.1) is 0 Å². The minimum atomic E-state index is 0.408. The van der Waals surface area contributed by atoms with E-state index in [2.05, 4.69) is 24.9 Å².